The molecule has 2 aromatic carbocycles. The van der Waals surface area contributed by atoms with Crippen LogP contribution in [0.2, 0.25) is 0 Å². The maximum atomic E-state index is 12.7. The number of rotatable bonds is 6. The van der Waals surface area contributed by atoms with E-state index in [0.29, 0.717) is 0 Å². The average molecular weight is 422 g/mol. The van der Waals surface area contributed by atoms with Crippen LogP contribution in [-0.2, 0) is 11.3 Å². The van der Waals surface area contributed by atoms with Crippen molar-refractivity contribution in [3.8, 4) is 11.5 Å². The van der Waals surface area contributed by atoms with Crippen LogP contribution >= 0.6 is 11.3 Å². The number of benzene rings is 2. The molecule has 3 aromatic rings. The zero-order valence-electron chi connectivity index (χ0n) is 17.4. The smallest absolute Gasteiger partial charge is 0.227 e. The second-order valence-corrected chi connectivity index (χ2v) is 8.90. The quantitative estimate of drug-likeness (QED) is 0.579. The molecule has 1 fully saturated rings. The zero-order valence-corrected chi connectivity index (χ0v) is 18.2. The Labute approximate surface area is 181 Å². The first-order chi connectivity index (χ1) is 14.5. The Morgan fingerprint density at radius 1 is 1.13 bits per heavy atom. The molecule has 1 aliphatic heterocycles. The summed E-state index contributed by atoms with van der Waals surface area (Å²) in [5, 5.41) is 6.29. The Balaban J connectivity index is 1.26. The lowest BCUT2D eigenvalue weighted by Crippen LogP contribution is -2.37. The lowest BCUT2D eigenvalue weighted by Gasteiger charge is -2.30. The molecule has 4 rings (SSSR count). The summed E-state index contributed by atoms with van der Waals surface area (Å²) in [7, 11) is 0. The third kappa shape index (κ3) is 5.46. The highest BCUT2D eigenvalue weighted by Gasteiger charge is 2.25. The van der Waals surface area contributed by atoms with E-state index in [4.69, 9.17) is 4.74 Å². The van der Waals surface area contributed by atoms with Crippen LogP contribution in [0.4, 0.5) is 5.69 Å². The van der Waals surface area contributed by atoms with Gasteiger partial charge in [0, 0.05) is 23.5 Å². The Bertz CT molecular complexity index is 992. The first kappa shape index (κ1) is 20.6. The molecular weight excluding hydrogens is 394 g/mol. The van der Waals surface area contributed by atoms with Crippen molar-refractivity contribution in [1.29, 1.82) is 0 Å². The van der Waals surface area contributed by atoms with Gasteiger partial charge in [-0.1, -0.05) is 12.1 Å². The highest BCUT2D eigenvalue weighted by atomic mass is 32.1. The number of piperidine rings is 1. The van der Waals surface area contributed by atoms with Crippen LogP contribution in [0.3, 0.4) is 0 Å². The summed E-state index contributed by atoms with van der Waals surface area (Å²) in [6, 6.07) is 15.5. The number of nitrogens with one attached hydrogen (secondary N) is 1. The van der Waals surface area contributed by atoms with Crippen LogP contribution in [-0.4, -0.2) is 28.9 Å². The van der Waals surface area contributed by atoms with Crippen LogP contribution < -0.4 is 10.1 Å². The summed E-state index contributed by atoms with van der Waals surface area (Å²) < 4.78 is 5.87. The summed E-state index contributed by atoms with van der Waals surface area (Å²) in [4.78, 5) is 19.6. The molecule has 0 radical (unpaired) electrons. The van der Waals surface area contributed by atoms with Crippen molar-refractivity contribution < 1.29 is 9.53 Å². The van der Waals surface area contributed by atoms with E-state index in [1.807, 2.05) is 62.4 Å². The lowest BCUT2D eigenvalue weighted by atomic mass is 9.95. The molecule has 1 saturated heterocycles. The van der Waals surface area contributed by atoms with Crippen molar-refractivity contribution in [3.63, 3.8) is 0 Å². The van der Waals surface area contributed by atoms with Crippen LogP contribution in [0.1, 0.15) is 29.1 Å². The number of likely N-dealkylation sites (tertiary alicyclic amines) is 1. The average Bonchev–Trinajstić information content (AvgIpc) is 3.14. The van der Waals surface area contributed by atoms with Gasteiger partial charge in [-0.15, -0.1) is 11.3 Å². The summed E-state index contributed by atoms with van der Waals surface area (Å²) in [6.45, 7) is 6.80. The first-order valence-corrected chi connectivity index (χ1v) is 11.2. The molecule has 1 N–H and O–H groups in total. The number of amides is 1. The van der Waals surface area contributed by atoms with E-state index >= 15 is 0 Å². The van der Waals surface area contributed by atoms with E-state index in [0.717, 1.165) is 65.9 Å². The number of aromatic nitrogens is 1. The van der Waals surface area contributed by atoms with Gasteiger partial charge in [0.2, 0.25) is 5.91 Å². The number of ether oxygens (including phenoxy) is 1. The third-order valence-electron chi connectivity index (χ3n) is 5.36. The Morgan fingerprint density at radius 3 is 2.57 bits per heavy atom. The van der Waals surface area contributed by atoms with Gasteiger partial charge in [0.1, 0.15) is 11.5 Å². The van der Waals surface area contributed by atoms with E-state index in [1.165, 1.54) is 0 Å². The molecule has 5 nitrogen and oxygen atoms in total. The first-order valence-electron chi connectivity index (χ1n) is 10.3. The Hall–Kier alpha value is -2.70. The van der Waals surface area contributed by atoms with Crippen molar-refractivity contribution in [2.75, 3.05) is 18.4 Å². The van der Waals surface area contributed by atoms with Gasteiger partial charge in [0.15, 0.2) is 0 Å². The number of aryl methyl sites for hydroxylation is 2. The number of hydrogen-bond donors (Lipinski definition) is 1. The van der Waals surface area contributed by atoms with Gasteiger partial charge in [-0.25, -0.2) is 4.98 Å². The monoisotopic (exact) mass is 421 g/mol. The van der Waals surface area contributed by atoms with Crippen molar-refractivity contribution in [1.82, 2.24) is 9.88 Å². The molecule has 0 atom stereocenters. The van der Waals surface area contributed by atoms with Crippen molar-refractivity contribution in [2.45, 2.75) is 33.2 Å². The summed E-state index contributed by atoms with van der Waals surface area (Å²) in [6.07, 6.45) is 1.76. The van der Waals surface area contributed by atoms with E-state index in [2.05, 4.69) is 20.6 Å². The Morgan fingerprint density at radius 2 is 1.90 bits per heavy atom. The zero-order chi connectivity index (χ0) is 20.9. The van der Waals surface area contributed by atoms with Gasteiger partial charge in [0.05, 0.1) is 10.7 Å². The SMILES string of the molecule is Cc1cccc(Oc2ccc(NC(=O)C3CCN(Cc4csc(C)n4)CC3)cc2)c1. The summed E-state index contributed by atoms with van der Waals surface area (Å²) in [5.41, 5.74) is 3.09. The number of carbonyl (C=O) groups is 1. The minimum Gasteiger partial charge on any atom is -0.457 e. The van der Waals surface area contributed by atoms with E-state index in [9.17, 15) is 4.79 Å². The molecule has 2 heterocycles. The molecule has 1 aromatic heterocycles. The van der Waals surface area contributed by atoms with Crippen LogP contribution in [0.5, 0.6) is 11.5 Å². The molecule has 0 saturated carbocycles. The minimum absolute atomic E-state index is 0.0571. The number of carbonyl (C=O) groups excluding carboxylic acids is 1. The number of hydrogen-bond acceptors (Lipinski definition) is 5. The molecular formula is C24H27N3O2S. The van der Waals surface area contributed by atoms with Gasteiger partial charge in [-0.05, 0) is 81.7 Å². The summed E-state index contributed by atoms with van der Waals surface area (Å²) in [5.74, 6) is 1.73. The molecule has 1 amide bonds. The van der Waals surface area contributed by atoms with Crippen molar-refractivity contribution in [3.05, 3.63) is 70.2 Å². The predicted molar refractivity (Wildman–Crippen MR) is 121 cm³/mol. The maximum absolute atomic E-state index is 12.7. The number of anilines is 1. The second kappa shape index (κ2) is 9.41. The van der Waals surface area contributed by atoms with Crippen LogP contribution in [0.25, 0.3) is 0 Å². The van der Waals surface area contributed by atoms with E-state index < -0.39 is 0 Å². The molecule has 0 bridgehead atoms. The largest absolute Gasteiger partial charge is 0.457 e. The fourth-order valence-corrected chi connectivity index (χ4v) is 4.33. The van der Waals surface area contributed by atoms with Crippen molar-refractivity contribution in [2.24, 2.45) is 5.92 Å². The fraction of sp³-hybridized carbons (Fsp3) is 0.333. The van der Waals surface area contributed by atoms with Gasteiger partial charge >= 0.3 is 0 Å². The number of thiazole rings is 1. The van der Waals surface area contributed by atoms with Gasteiger partial charge in [-0.2, -0.15) is 0 Å². The topological polar surface area (TPSA) is 54.5 Å². The maximum Gasteiger partial charge on any atom is 0.227 e. The third-order valence-corrected chi connectivity index (χ3v) is 6.18. The second-order valence-electron chi connectivity index (χ2n) is 7.84. The highest BCUT2D eigenvalue weighted by molar-refractivity contribution is 7.09. The molecule has 6 heteroatoms. The molecule has 30 heavy (non-hydrogen) atoms. The fourth-order valence-electron chi connectivity index (χ4n) is 3.73. The Kier molecular flexibility index (Phi) is 6.45. The van der Waals surface area contributed by atoms with Crippen molar-refractivity contribution >= 4 is 22.9 Å². The van der Waals surface area contributed by atoms with E-state index in [1.54, 1.807) is 11.3 Å². The summed E-state index contributed by atoms with van der Waals surface area (Å²) >= 11 is 1.69. The molecule has 0 aliphatic carbocycles. The normalized spacial score (nSPS) is 15.1. The standard InChI is InChI=1S/C24H27N3O2S/c1-17-4-3-5-23(14-17)29-22-8-6-20(7-9-22)26-24(28)19-10-12-27(13-11-19)15-21-16-30-18(2)25-21/h3-9,14,16,19H,10-13,15H2,1-2H3,(H,26,28). The minimum atomic E-state index is 0.0571. The van der Waals surface area contributed by atoms with Gasteiger partial charge in [-0.3, -0.25) is 9.69 Å². The molecule has 0 spiro atoms. The molecule has 0 unspecified atom stereocenters. The highest BCUT2D eigenvalue weighted by Crippen LogP contribution is 2.25. The van der Waals surface area contributed by atoms with Gasteiger partial charge in [0.25, 0.3) is 0 Å². The lowest BCUT2D eigenvalue weighted by molar-refractivity contribution is -0.121. The van der Waals surface area contributed by atoms with Gasteiger partial charge < -0.3 is 10.1 Å². The van der Waals surface area contributed by atoms with Crippen LogP contribution in [0.15, 0.2) is 53.9 Å². The number of nitrogens with zero attached hydrogens (tertiary/aromatic N) is 2. The van der Waals surface area contributed by atoms with E-state index in [-0.39, 0.29) is 11.8 Å². The predicted octanol–water partition coefficient (Wildman–Crippen LogP) is 5.40. The van der Waals surface area contributed by atoms with Crippen LogP contribution in [0, 0.1) is 19.8 Å². The molecule has 1 aliphatic rings. The molecule has 156 valence electrons.